The van der Waals surface area contributed by atoms with Gasteiger partial charge in [-0.25, -0.2) is 4.42 Å². The smallest absolute Gasteiger partial charge is 0.263 e. The van der Waals surface area contributed by atoms with E-state index in [1.54, 1.807) is 9.32 Å². The molecule has 0 aromatic heterocycles. The molecule has 0 saturated carbocycles. The van der Waals surface area contributed by atoms with Gasteiger partial charge in [0.05, 0.1) is 0 Å². The van der Waals surface area contributed by atoms with Crippen LogP contribution in [0.1, 0.15) is 29.2 Å². The third-order valence-electron chi connectivity index (χ3n) is 5.81. The number of carbonyl (C=O) groups excluding carboxylic acids is 1. The standard InChI is InChI=1S/C28H33ClN2O2/c1-4-33-28(25-11-7-5-8-12-25,26-13-9-6-10-14-26)27(32)30(3)21-22-31(29)20-19-24-17-15-23(2)16-18-24/h5-18H,4,19-22H2,1-3H3. The zero-order chi connectivity index (χ0) is 23.7. The van der Waals surface area contributed by atoms with Crippen molar-refractivity contribution in [2.75, 3.05) is 33.3 Å². The number of hydrogen-bond acceptors (Lipinski definition) is 3. The maximum atomic E-state index is 13.9. The van der Waals surface area contributed by atoms with Gasteiger partial charge in [-0.2, -0.15) is 0 Å². The Labute approximate surface area is 202 Å². The van der Waals surface area contributed by atoms with E-state index in [9.17, 15) is 4.79 Å². The summed E-state index contributed by atoms with van der Waals surface area (Å²) in [6.07, 6.45) is 0.859. The first-order valence-corrected chi connectivity index (χ1v) is 11.8. The van der Waals surface area contributed by atoms with Crippen molar-refractivity contribution in [3.63, 3.8) is 0 Å². The molecule has 0 aliphatic heterocycles. The van der Waals surface area contributed by atoms with E-state index >= 15 is 0 Å². The zero-order valence-corrected chi connectivity index (χ0v) is 20.5. The van der Waals surface area contributed by atoms with Crippen LogP contribution in [0.5, 0.6) is 0 Å². The SMILES string of the molecule is CCOC(C(=O)N(C)CCN(Cl)CCc1ccc(C)cc1)(c1ccccc1)c1ccccc1. The first kappa shape index (κ1) is 25.0. The minimum Gasteiger partial charge on any atom is -0.356 e. The summed E-state index contributed by atoms with van der Waals surface area (Å²) in [4.78, 5) is 15.6. The molecular formula is C28H33ClN2O2. The van der Waals surface area contributed by atoms with E-state index in [1.165, 1.54) is 11.1 Å². The summed E-state index contributed by atoms with van der Waals surface area (Å²) in [6, 6.07) is 27.9. The number of nitrogens with zero attached hydrogens (tertiary/aromatic N) is 2. The number of benzene rings is 3. The summed E-state index contributed by atoms with van der Waals surface area (Å²) in [6.45, 7) is 6.16. The van der Waals surface area contributed by atoms with E-state index in [0.29, 0.717) is 26.2 Å². The van der Waals surface area contributed by atoms with Crippen LogP contribution in [0.15, 0.2) is 84.9 Å². The molecule has 0 radical (unpaired) electrons. The van der Waals surface area contributed by atoms with Gasteiger partial charge in [-0.3, -0.25) is 4.79 Å². The van der Waals surface area contributed by atoms with Gasteiger partial charge in [0.1, 0.15) is 0 Å². The van der Waals surface area contributed by atoms with Gasteiger partial charge in [-0.1, -0.05) is 90.5 Å². The van der Waals surface area contributed by atoms with Crippen molar-refractivity contribution >= 4 is 17.7 Å². The topological polar surface area (TPSA) is 32.8 Å². The number of amides is 1. The van der Waals surface area contributed by atoms with Gasteiger partial charge in [0.25, 0.3) is 5.91 Å². The van der Waals surface area contributed by atoms with Gasteiger partial charge >= 0.3 is 0 Å². The Hall–Kier alpha value is -2.66. The molecule has 0 unspecified atom stereocenters. The van der Waals surface area contributed by atoms with Gasteiger partial charge in [0.15, 0.2) is 5.60 Å². The summed E-state index contributed by atoms with van der Waals surface area (Å²) in [5, 5.41) is 0. The highest BCUT2D eigenvalue weighted by molar-refractivity contribution is 6.13. The average molecular weight is 465 g/mol. The van der Waals surface area contributed by atoms with Gasteiger partial charge in [0, 0.05) is 33.3 Å². The number of hydrogen-bond donors (Lipinski definition) is 0. The molecule has 0 fully saturated rings. The molecule has 1 amide bonds. The minimum atomic E-state index is -1.20. The third-order valence-corrected chi connectivity index (χ3v) is 6.15. The van der Waals surface area contributed by atoms with Gasteiger partial charge in [-0.15, -0.1) is 0 Å². The fraction of sp³-hybridized carbons (Fsp3) is 0.321. The number of halogens is 1. The molecule has 0 saturated heterocycles. The molecule has 0 heterocycles. The summed E-state index contributed by atoms with van der Waals surface area (Å²) < 4.78 is 8.02. The summed E-state index contributed by atoms with van der Waals surface area (Å²) in [5.74, 6) is -0.106. The van der Waals surface area contributed by atoms with E-state index in [4.69, 9.17) is 16.5 Å². The van der Waals surface area contributed by atoms with Crippen LogP contribution < -0.4 is 0 Å². The quantitative estimate of drug-likeness (QED) is 0.354. The zero-order valence-electron chi connectivity index (χ0n) is 19.7. The first-order chi connectivity index (χ1) is 16.0. The maximum absolute atomic E-state index is 13.9. The molecule has 0 N–H and O–H groups in total. The van der Waals surface area contributed by atoms with Crippen LogP contribution in [0.25, 0.3) is 0 Å². The van der Waals surface area contributed by atoms with Crippen LogP contribution in [-0.2, 0) is 21.6 Å². The number of aryl methyl sites for hydroxylation is 1. The number of rotatable bonds is 11. The molecule has 0 aliphatic rings. The van der Waals surface area contributed by atoms with Crippen LogP contribution in [0.3, 0.4) is 0 Å². The van der Waals surface area contributed by atoms with Crippen LogP contribution >= 0.6 is 11.8 Å². The van der Waals surface area contributed by atoms with E-state index < -0.39 is 5.60 Å². The molecule has 0 spiro atoms. The molecule has 0 aliphatic carbocycles. The Morgan fingerprint density at radius 2 is 1.39 bits per heavy atom. The van der Waals surface area contributed by atoms with Gasteiger partial charge < -0.3 is 9.64 Å². The Kier molecular flexibility index (Phi) is 9.07. The van der Waals surface area contributed by atoms with Gasteiger partial charge in [0.2, 0.25) is 0 Å². The van der Waals surface area contributed by atoms with Crippen molar-refractivity contribution in [3.05, 3.63) is 107 Å². The molecule has 3 rings (SSSR count). The second-order valence-corrected chi connectivity index (χ2v) is 8.70. The molecule has 5 heteroatoms. The molecule has 3 aromatic rings. The van der Waals surface area contributed by atoms with Gasteiger partial charge in [-0.05, 0) is 48.7 Å². The highest BCUT2D eigenvalue weighted by Gasteiger charge is 2.44. The van der Waals surface area contributed by atoms with Crippen LogP contribution in [0, 0.1) is 6.92 Å². The minimum absolute atomic E-state index is 0.106. The molecule has 0 atom stereocenters. The predicted octanol–water partition coefficient (Wildman–Crippen LogP) is 5.43. The number of likely N-dealkylation sites (N-methyl/N-ethyl adjacent to an activating group) is 1. The highest BCUT2D eigenvalue weighted by atomic mass is 35.5. The van der Waals surface area contributed by atoms with Crippen LogP contribution in [0.4, 0.5) is 0 Å². The second kappa shape index (κ2) is 12.0. The number of ether oxygens (including phenoxy) is 1. The Bertz CT molecular complexity index is 954. The lowest BCUT2D eigenvalue weighted by atomic mass is 9.84. The summed E-state index contributed by atoms with van der Waals surface area (Å²) >= 11 is 6.48. The molecule has 0 bridgehead atoms. The molecule has 4 nitrogen and oxygen atoms in total. The summed E-state index contributed by atoms with van der Waals surface area (Å²) in [5.41, 5.74) is 2.93. The highest BCUT2D eigenvalue weighted by Crippen LogP contribution is 2.35. The van der Waals surface area contributed by atoms with Crippen molar-refractivity contribution in [2.45, 2.75) is 25.9 Å². The monoisotopic (exact) mass is 464 g/mol. The van der Waals surface area contributed by atoms with Crippen molar-refractivity contribution < 1.29 is 9.53 Å². The van der Waals surface area contributed by atoms with E-state index in [-0.39, 0.29) is 5.91 Å². The second-order valence-electron chi connectivity index (χ2n) is 8.22. The molecular weight excluding hydrogens is 432 g/mol. The largest absolute Gasteiger partial charge is 0.356 e. The lowest BCUT2D eigenvalue weighted by Crippen LogP contribution is -2.49. The Balaban J connectivity index is 1.73. The van der Waals surface area contributed by atoms with E-state index in [0.717, 1.165) is 17.5 Å². The van der Waals surface area contributed by atoms with E-state index in [2.05, 4.69) is 31.2 Å². The molecule has 33 heavy (non-hydrogen) atoms. The van der Waals surface area contributed by atoms with Crippen molar-refractivity contribution in [1.82, 2.24) is 9.32 Å². The summed E-state index contributed by atoms with van der Waals surface area (Å²) in [7, 11) is 1.81. The predicted molar refractivity (Wildman–Crippen MR) is 135 cm³/mol. The molecule has 3 aromatic carbocycles. The lowest BCUT2D eigenvalue weighted by molar-refractivity contribution is -0.152. The van der Waals surface area contributed by atoms with Crippen LogP contribution in [-0.4, -0.2) is 48.5 Å². The lowest BCUT2D eigenvalue weighted by Gasteiger charge is -2.36. The van der Waals surface area contributed by atoms with Crippen molar-refractivity contribution in [2.24, 2.45) is 0 Å². The Morgan fingerprint density at radius 3 is 1.91 bits per heavy atom. The third kappa shape index (κ3) is 6.23. The van der Waals surface area contributed by atoms with Crippen molar-refractivity contribution in [3.8, 4) is 0 Å². The fourth-order valence-corrected chi connectivity index (χ4v) is 4.11. The van der Waals surface area contributed by atoms with Crippen LogP contribution in [0.2, 0.25) is 0 Å². The Morgan fingerprint density at radius 1 is 0.848 bits per heavy atom. The molecule has 174 valence electrons. The average Bonchev–Trinajstić information content (AvgIpc) is 2.86. The fourth-order valence-electron chi connectivity index (χ4n) is 3.95. The van der Waals surface area contributed by atoms with Crippen molar-refractivity contribution in [1.29, 1.82) is 0 Å². The normalized spacial score (nSPS) is 11.5. The first-order valence-electron chi connectivity index (χ1n) is 11.4. The number of carbonyl (C=O) groups is 1. The maximum Gasteiger partial charge on any atom is 0.263 e. The van der Waals surface area contributed by atoms with E-state index in [1.807, 2.05) is 74.6 Å².